The molecule has 1 heterocycles. The van der Waals surface area contributed by atoms with Crippen LogP contribution in [0, 0.1) is 6.92 Å². The molecule has 0 radical (unpaired) electrons. The number of ether oxygens (including phenoxy) is 2. The van der Waals surface area contributed by atoms with E-state index in [1.54, 1.807) is 25.5 Å². The van der Waals surface area contributed by atoms with E-state index in [-0.39, 0.29) is 11.5 Å². The first-order valence-electron chi connectivity index (χ1n) is 13.2. The third kappa shape index (κ3) is 6.06. The molecule has 0 saturated heterocycles. The third-order valence-electron chi connectivity index (χ3n) is 6.76. The van der Waals surface area contributed by atoms with Gasteiger partial charge in [0.15, 0.2) is 11.6 Å². The van der Waals surface area contributed by atoms with Gasteiger partial charge in [0.25, 0.3) is 5.56 Å². The second-order valence-electron chi connectivity index (χ2n) is 9.97. The lowest BCUT2D eigenvalue weighted by atomic mass is 9.96. The van der Waals surface area contributed by atoms with E-state index in [1.807, 2.05) is 73.7 Å². The summed E-state index contributed by atoms with van der Waals surface area (Å²) in [7, 11) is 1.66. The Balaban J connectivity index is 1.58. The number of benzene rings is 4. The van der Waals surface area contributed by atoms with Crippen LogP contribution in [0.15, 0.2) is 93.2 Å². The molecule has 0 N–H and O–H groups in total. The first-order chi connectivity index (χ1) is 19.8. The van der Waals surface area contributed by atoms with Crippen LogP contribution in [0.4, 0.5) is 0 Å². The molecule has 8 heteroatoms. The highest BCUT2D eigenvalue weighted by Crippen LogP contribution is 2.36. The molecule has 5 aromatic rings. The van der Waals surface area contributed by atoms with Crippen LogP contribution in [-0.4, -0.2) is 23.0 Å². The van der Waals surface area contributed by atoms with Crippen LogP contribution in [0.3, 0.4) is 0 Å². The van der Waals surface area contributed by atoms with Crippen molar-refractivity contribution in [3.8, 4) is 22.9 Å². The SMILES string of the molecule is COc1cc(C)c(-c2nc3ccccc3c(=O)n2N=Cc2cc(Cl)c(OCc3ccccc3)c(Br)c2)cc1C(C)C. The van der Waals surface area contributed by atoms with E-state index in [1.165, 1.54) is 4.68 Å². The van der Waals surface area contributed by atoms with Crippen molar-refractivity contribution in [1.29, 1.82) is 0 Å². The second kappa shape index (κ2) is 12.3. The summed E-state index contributed by atoms with van der Waals surface area (Å²) in [5.74, 6) is 1.98. The average Bonchev–Trinajstić information content (AvgIpc) is 2.96. The van der Waals surface area contributed by atoms with Crippen molar-refractivity contribution in [1.82, 2.24) is 9.66 Å². The van der Waals surface area contributed by atoms with Crippen LogP contribution in [-0.2, 0) is 6.61 Å². The highest BCUT2D eigenvalue weighted by atomic mass is 79.9. The van der Waals surface area contributed by atoms with Gasteiger partial charge in [-0.3, -0.25) is 4.79 Å². The van der Waals surface area contributed by atoms with Gasteiger partial charge in [-0.25, -0.2) is 4.98 Å². The van der Waals surface area contributed by atoms with Gasteiger partial charge in [0.05, 0.1) is 33.7 Å². The fraction of sp³-hybridized carbons (Fsp3) is 0.182. The number of aromatic nitrogens is 2. The fourth-order valence-electron chi connectivity index (χ4n) is 4.62. The highest BCUT2D eigenvalue weighted by molar-refractivity contribution is 9.10. The van der Waals surface area contributed by atoms with Crippen molar-refractivity contribution in [2.45, 2.75) is 33.3 Å². The average molecular weight is 631 g/mol. The summed E-state index contributed by atoms with van der Waals surface area (Å²) in [6, 6.07) is 24.8. The maximum atomic E-state index is 13.7. The maximum absolute atomic E-state index is 13.7. The molecule has 4 aromatic carbocycles. The van der Waals surface area contributed by atoms with Crippen LogP contribution in [0.25, 0.3) is 22.3 Å². The molecule has 0 aliphatic carbocycles. The van der Waals surface area contributed by atoms with Crippen LogP contribution in [0.1, 0.15) is 42.0 Å². The minimum Gasteiger partial charge on any atom is -0.496 e. The van der Waals surface area contributed by atoms with Crippen LogP contribution in [0.2, 0.25) is 5.02 Å². The molecular formula is C33H29BrClN3O3. The first-order valence-corrected chi connectivity index (χ1v) is 14.3. The molecular weight excluding hydrogens is 602 g/mol. The van der Waals surface area contributed by atoms with Gasteiger partial charge in [0.2, 0.25) is 0 Å². The molecule has 0 bridgehead atoms. The smallest absolute Gasteiger partial charge is 0.282 e. The van der Waals surface area contributed by atoms with Gasteiger partial charge in [-0.2, -0.15) is 9.78 Å². The zero-order valence-electron chi connectivity index (χ0n) is 23.2. The summed E-state index contributed by atoms with van der Waals surface area (Å²) in [6.45, 7) is 6.56. The Morgan fingerprint density at radius 1 is 1.05 bits per heavy atom. The van der Waals surface area contributed by atoms with E-state index in [0.717, 1.165) is 28.0 Å². The number of rotatable bonds is 8. The van der Waals surface area contributed by atoms with Crippen molar-refractivity contribution in [2.24, 2.45) is 5.10 Å². The number of nitrogens with zero attached hydrogens (tertiary/aromatic N) is 3. The Bertz CT molecular complexity index is 1790. The number of halogens is 2. The minimum absolute atomic E-state index is 0.204. The van der Waals surface area contributed by atoms with E-state index in [9.17, 15) is 4.79 Å². The molecule has 0 atom stereocenters. The van der Waals surface area contributed by atoms with Gasteiger partial charge in [-0.1, -0.05) is 67.9 Å². The summed E-state index contributed by atoms with van der Waals surface area (Å²) in [5, 5.41) is 5.54. The van der Waals surface area contributed by atoms with Gasteiger partial charge in [-0.15, -0.1) is 0 Å². The molecule has 41 heavy (non-hydrogen) atoms. The van der Waals surface area contributed by atoms with E-state index in [0.29, 0.717) is 44.1 Å². The maximum Gasteiger partial charge on any atom is 0.282 e. The molecule has 0 amide bonds. The zero-order valence-corrected chi connectivity index (χ0v) is 25.5. The van der Waals surface area contributed by atoms with E-state index < -0.39 is 0 Å². The summed E-state index contributed by atoms with van der Waals surface area (Å²) in [4.78, 5) is 18.6. The number of fused-ring (bicyclic) bond motifs is 1. The zero-order chi connectivity index (χ0) is 29.1. The Morgan fingerprint density at radius 2 is 1.78 bits per heavy atom. The lowest BCUT2D eigenvalue weighted by molar-refractivity contribution is 0.304. The molecule has 6 nitrogen and oxygen atoms in total. The van der Waals surface area contributed by atoms with Crippen molar-refractivity contribution in [2.75, 3.05) is 7.11 Å². The number of para-hydroxylation sites is 1. The summed E-state index contributed by atoms with van der Waals surface area (Å²) >= 11 is 10.2. The Kier molecular flexibility index (Phi) is 8.57. The molecule has 0 aliphatic heterocycles. The monoisotopic (exact) mass is 629 g/mol. The lowest BCUT2D eigenvalue weighted by Crippen LogP contribution is -2.20. The Hall–Kier alpha value is -3.94. The molecule has 5 rings (SSSR count). The minimum atomic E-state index is -0.267. The van der Waals surface area contributed by atoms with Crippen LogP contribution >= 0.6 is 27.5 Å². The summed E-state index contributed by atoms with van der Waals surface area (Å²) in [6.07, 6.45) is 1.60. The fourth-order valence-corrected chi connectivity index (χ4v) is 5.61. The molecule has 208 valence electrons. The Labute approximate surface area is 252 Å². The molecule has 0 saturated carbocycles. The number of hydrogen-bond donors (Lipinski definition) is 0. The first kappa shape index (κ1) is 28.6. The van der Waals surface area contributed by atoms with Crippen LogP contribution < -0.4 is 15.0 Å². The predicted octanol–water partition coefficient (Wildman–Crippen LogP) is 8.38. The predicted molar refractivity (Wildman–Crippen MR) is 170 cm³/mol. The second-order valence-corrected chi connectivity index (χ2v) is 11.2. The van der Waals surface area contributed by atoms with Gasteiger partial charge in [-0.05, 0) is 87.4 Å². The van der Waals surface area contributed by atoms with Crippen molar-refractivity contribution >= 4 is 44.6 Å². The molecule has 0 aliphatic rings. The van der Waals surface area contributed by atoms with Crippen LogP contribution in [0.5, 0.6) is 11.5 Å². The topological polar surface area (TPSA) is 65.7 Å². The quantitative estimate of drug-likeness (QED) is 0.162. The third-order valence-corrected chi connectivity index (χ3v) is 7.63. The van der Waals surface area contributed by atoms with E-state index >= 15 is 0 Å². The van der Waals surface area contributed by atoms with Gasteiger partial charge >= 0.3 is 0 Å². The van der Waals surface area contributed by atoms with E-state index in [2.05, 4.69) is 34.9 Å². The highest BCUT2D eigenvalue weighted by Gasteiger charge is 2.18. The standard InChI is InChI=1S/C33H29BrClN3O3/c1-20(2)25-17-26(21(3)14-30(25)40-4)32-37-29-13-9-8-12-24(29)33(39)38(32)36-18-23-15-27(34)31(28(35)16-23)41-19-22-10-6-5-7-11-22/h5-18,20H,19H2,1-4H3. The van der Waals surface area contributed by atoms with Crippen molar-refractivity contribution in [3.63, 3.8) is 0 Å². The summed E-state index contributed by atoms with van der Waals surface area (Å²) < 4.78 is 13.6. The molecule has 0 fully saturated rings. The van der Waals surface area contributed by atoms with Gasteiger partial charge in [0, 0.05) is 5.56 Å². The Morgan fingerprint density at radius 3 is 2.49 bits per heavy atom. The number of hydrogen-bond acceptors (Lipinski definition) is 5. The van der Waals surface area contributed by atoms with Gasteiger partial charge < -0.3 is 9.47 Å². The van der Waals surface area contributed by atoms with Gasteiger partial charge in [0.1, 0.15) is 12.4 Å². The normalized spacial score (nSPS) is 11.5. The number of aryl methyl sites for hydroxylation is 1. The number of methoxy groups -OCH3 is 1. The lowest BCUT2D eigenvalue weighted by Gasteiger charge is -2.17. The molecule has 0 spiro atoms. The largest absolute Gasteiger partial charge is 0.496 e. The van der Waals surface area contributed by atoms with E-state index in [4.69, 9.17) is 26.1 Å². The molecule has 0 unspecified atom stereocenters. The van der Waals surface area contributed by atoms with Crippen molar-refractivity contribution < 1.29 is 9.47 Å². The van der Waals surface area contributed by atoms with Crippen molar-refractivity contribution in [3.05, 3.63) is 121 Å². The summed E-state index contributed by atoms with van der Waals surface area (Å²) in [5.41, 5.74) is 4.80. The molecule has 1 aromatic heterocycles.